The first-order chi connectivity index (χ1) is 15.3. The number of anilines is 3. The van der Waals surface area contributed by atoms with Crippen LogP contribution in [0.25, 0.3) is 10.2 Å². The van der Waals surface area contributed by atoms with Gasteiger partial charge in [0.05, 0.1) is 10.2 Å². The van der Waals surface area contributed by atoms with Crippen LogP contribution < -0.4 is 16.0 Å². The molecule has 0 atom stereocenters. The summed E-state index contributed by atoms with van der Waals surface area (Å²) in [5.41, 5.74) is 5.87. The van der Waals surface area contributed by atoms with Gasteiger partial charge >= 0.3 is 6.03 Å². The zero-order valence-corrected chi connectivity index (χ0v) is 19.3. The molecule has 3 aromatic carbocycles. The van der Waals surface area contributed by atoms with E-state index in [2.05, 4.69) is 20.9 Å². The van der Waals surface area contributed by atoms with Gasteiger partial charge in [0.1, 0.15) is 0 Å². The van der Waals surface area contributed by atoms with Crippen molar-refractivity contribution in [1.82, 2.24) is 4.98 Å². The lowest BCUT2D eigenvalue weighted by molar-refractivity contribution is 0.102. The number of hydrogen-bond donors (Lipinski definition) is 3. The summed E-state index contributed by atoms with van der Waals surface area (Å²) < 4.78 is 0.803. The maximum absolute atomic E-state index is 12.8. The van der Waals surface area contributed by atoms with E-state index in [-0.39, 0.29) is 5.91 Å². The summed E-state index contributed by atoms with van der Waals surface area (Å²) in [5, 5.41) is 9.50. The highest BCUT2D eigenvalue weighted by Crippen LogP contribution is 2.28. The predicted molar refractivity (Wildman–Crippen MR) is 132 cm³/mol. The summed E-state index contributed by atoms with van der Waals surface area (Å²) in [5.74, 6) is -0.189. The number of nitrogens with one attached hydrogen (secondary N) is 3. The Morgan fingerprint density at radius 2 is 1.56 bits per heavy atom. The first-order valence-electron chi connectivity index (χ1n) is 9.92. The standard InChI is InChI=1S/C24H21ClN4O2S/c1-13-10-14(2)21(15(3)11-13)28-22(30)16-4-9-19-20(12-16)32-24(27-19)29-23(31)26-18-7-5-17(25)6-8-18/h4-12H,1-3H3,(H,28,30)(H2,26,27,29,31). The maximum atomic E-state index is 12.8. The second-order valence-corrected chi connectivity index (χ2v) is 8.98. The normalized spacial score (nSPS) is 10.8. The quantitative estimate of drug-likeness (QED) is 0.311. The van der Waals surface area contributed by atoms with Crippen LogP contribution in [0.4, 0.5) is 21.3 Å². The SMILES string of the molecule is Cc1cc(C)c(NC(=O)c2ccc3nc(NC(=O)Nc4ccc(Cl)cc4)sc3c2)c(C)c1. The molecule has 3 amide bonds. The third-order valence-corrected chi connectivity index (χ3v) is 6.07. The molecule has 0 unspecified atom stereocenters. The first-order valence-corrected chi connectivity index (χ1v) is 11.1. The van der Waals surface area contributed by atoms with E-state index >= 15 is 0 Å². The van der Waals surface area contributed by atoms with Crippen molar-refractivity contribution in [1.29, 1.82) is 0 Å². The van der Waals surface area contributed by atoms with Gasteiger partial charge in [0.25, 0.3) is 5.91 Å². The van der Waals surface area contributed by atoms with Crippen LogP contribution in [-0.2, 0) is 0 Å². The van der Waals surface area contributed by atoms with Gasteiger partial charge in [0, 0.05) is 22.0 Å². The maximum Gasteiger partial charge on any atom is 0.325 e. The Labute approximate surface area is 194 Å². The Morgan fingerprint density at radius 1 is 0.875 bits per heavy atom. The van der Waals surface area contributed by atoms with Crippen molar-refractivity contribution in [2.75, 3.05) is 16.0 Å². The van der Waals surface area contributed by atoms with Crippen LogP contribution in [-0.4, -0.2) is 16.9 Å². The lowest BCUT2D eigenvalue weighted by atomic mass is 10.0. The lowest BCUT2D eigenvalue weighted by Crippen LogP contribution is -2.19. The molecule has 0 fully saturated rings. The van der Waals surface area contributed by atoms with Crippen molar-refractivity contribution in [3.8, 4) is 0 Å². The second kappa shape index (κ2) is 8.98. The highest BCUT2D eigenvalue weighted by molar-refractivity contribution is 7.22. The smallest absolute Gasteiger partial charge is 0.322 e. The van der Waals surface area contributed by atoms with E-state index in [1.807, 2.05) is 32.9 Å². The van der Waals surface area contributed by atoms with Gasteiger partial charge in [-0.15, -0.1) is 0 Å². The number of halogens is 1. The van der Waals surface area contributed by atoms with Crippen LogP contribution in [0.5, 0.6) is 0 Å². The molecule has 0 bridgehead atoms. The van der Waals surface area contributed by atoms with Crippen molar-refractivity contribution in [3.63, 3.8) is 0 Å². The van der Waals surface area contributed by atoms with E-state index in [1.54, 1.807) is 42.5 Å². The topological polar surface area (TPSA) is 83.1 Å². The average Bonchev–Trinajstić information content (AvgIpc) is 3.13. The van der Waals surface area contributed by atoms with Gasteiger partial charge in [0.2, 0.25) is 0 Å². The molecule has 4 aromatic rings. The van der Waals surface area contributed by atoms with Crippen LogP contribution in [0.1, 0.15) is 27.0 Å². The Morgan fingerprint density at radius 3 is 2.25 bits per heavy atom. The molecule has 6 nitrogen and oxygen atoms in total. The van der Waals surface area contributed by atoms with Crippen molar-refractivity contribution in [3.05, 3.63) is 81.9 Å². The lowest BCUT2D eigenvalue weighted by Gasteiger charge is -2.12. The summed E-state index contributed by atoms with van der Waals surface area (Å²) >= 11 is 7.16. The van der Waals surface area contributed by atoms with Gasteiger partial charge in [0.15, 0.2) is 5.13 Å². The zero-order chi connectivity index (χ0) is 22.8. The number of carbonyl (C=O) groups is 2. The summed E-state index contributed by atoms with van der Waals surface area (Å²) in [6.45, 7) is 5.99. The number of fused-ring (bicyclic) bond motifs is 1. The van der Waals surface area contributed by atoms with Crippen molar-refractivity contribution < 1.29 is 9.59 Å². The molecule has 32 heavy (non-hydrogen) atoms. The van der Waals surface area contributed by atoms with Crippen LogP contribution in [0, 0.1) is 20.8 Å². The van der Waals surface area contributed by atoms with Crippen LogP contribution in [0.15, 0.2) is 54.6 Å². The largest absolute Gasteiger partial charge is 0.325 e. The van der Waals surface area contributed by atoms with E-state index in [0.29, 0.717) is 26.9 Å². The number of aromatic nitrogens is 1. The highest BCUT2D eigenvalue weighted by Gasteiger charge is 2.13. The van der Waals surface area contributed by atoms with Gasteiger partial charge in [-0.3, -0.25) is 10.1 Å². The number of benzene rings is 3. The van der Waals surface area contributed by atoms with E-state index < -0.39 is 6.03 Å². The number of hydrogen-bond acceptors (Lipinski definition) is 4. The fourth-order valence-corrected chi connectivity index (χ4v) is 4.50. The molecule has 0 spiro atoms. The number of carbonyl (C=O) groups excluding carboxylic acids is 2. The van der Waals surface area contributed by atoms with Gasteiger partial charge in [-0.05, 0) is 74.4 Å². The summed E-state index contributed by atoms with van der Waals surface area (Å²) in [7, 11) is 0. The third-order valence-electron chi connectivity index (χ3n) is 4.89. The number of urea groups is 1. The van der Waals surface area contributed by atoms with Crippen LogP contribution >= 0.6 is 22.9 Å². The van der Waals surface area contributed by atoms with E-state index in [0.717, 1.165) is 27.1 Å². The van der Waals surface area contributed by atoms with Gasteiger partial charge in [-0.2, -0.15) is 0 Å². The Kier molecular flexibility index (Phi) is 6.12. The van der Waals surface area contributed by atoms with Crippen molar-refractivity contribution >= 4 is 61.6 Å². The fourth-order valence-electron chi connectivity index (χ4n) is 3.47. The molecule has 1 heterocycles. The molecule has 1 aromatic heterocycles. The Balaban J connectivity index is 1.48. The zero-order valence-electron chi connectivity index (χ0n) is 17.7. The average molecular weight is 465 g/mol. The highest BCUT2D eigenvalue weighted by atomic mass is 35.5. The molecule has 0 saturated carbocycles. The molecule has 0 aliphatic heterocycles. The molecule has 0 radical (unpaired) electrons. The minimum atomic E-state index is -0.408. The summed E-state index contributed by atoms with van der Waals surface area (Å²) in [6, 6.07) is 15.8. The van der Waals surface area contributed by atoms with E-state index in [1.165, 1.54) is 11.3 Å². The fraction of sp³-hybridized carbons (Fsp3) is 0.125. The number of nitrogens with zero attached hydrogens (tertiary/aromatic N) is 1. The monoisotopic (exact) mass is 464 g/mol. The molecule has 0 aliphatic carbocycles. The van der Waals surface area contributed by atoms with Crippen LogP contribution in [0.2, 0.25) is 5.02 Å². The molecular formula is C24H21ClN4O2S. The number of rotatable bonds is 4. The number of amides is 3. The minimum Gasteiger partial charge on any atom is -0.322 e. The molecule has 8 heteroatoms. The third kappa shape index (κ3) is 4.90. The Hall–Kier alpha value is -3.42. The van der Waals surface area contributed by atoms with E-state index in [4.69, 9.17) is 11.6 Å². The van der Waals surface area contributed by atoms with Gasteiger partial charge < -0.3 is 10.6 Å². The van der Waals surface area contributed by atoms with E-state index in [9.17, 15) is 9.59 Å². The molecule has 0 aliphatic rings. The molecule has 4 rings (SSSR count). The molecule has 162 valence electrons. The van der Waals surface area contributed by atoms with Crippen molar-refractivity contribution in [2.24, 2.45) is 0 Å². The van der Waals surface area contributed by atoms with Gasteiger partial charge in [-0.25, -0.2) is 9.78 Å². The second-order valence-electron chi connectivity index (χ2n) is 7.52. The number of aryl methyl sites for hydroxylation is 3. The van der Waals surface area contributed by atoms with Crippen LogP contribution in [0.3, 0.4) is 0 Å². The number of thiazole rings is 1. The molecule has 0 saturated heterocycles. The van der Waals surface area contributed by atoms with Gasteiger partial charge in [-0.1, -0.05) is 40.6 Å². The summed E-state index contributed by atoms with van der Waals surface area (Å²) in [6.07, 6.45) is 0. The summed E-state index contributed by atoms with van der Waals surface area (Å²) in [4.78, 5) is 29.5. The molecular weight excluding hydrogens is 444 g/mol. The Bertz CT molecular complexity index is 1310. The first kappa shape index (κ1) is 21.8. The minimum absolute atomic E-state index is 0.189. The van der Waals surface area contributed by atoms with Crippen molar-refractivity contribution in [2.45, 2.75) is 20.8 Å². The predicted octanol–water partition coefficient (Wildman–Crippen LogP) is 6.77. The molecule has 3 N–H and O–H groups in total.